The van der Waals surface area contributed by atoms with Crippen LogP contribution in [0.4, 0.5) is 5.82 Å². The summed E-state index contributed by atoms with van der Waals surface area (Å²) in [5, 5.41) is 11.0. The van der Waals surface area contributed by atoms with Crippen molar-refractivity contribution in [3.63, 3.8) is 0 Å². The molecule has 0 fully saturated rings. The van der Waals surface area contributed by atoms with Crippen LogP contribution in [0.1, 0.15) is 17.3 Å². The van der Waals surface area contributed by atoms with E-state index in [1.54, 1.807) is 13.2 Å². The van der Waals surface area contributed by atoms with Gasteiger partial charge < -0.3 is 19.0 Å². The zero-order chi connectivity index (χ0) is 18.1. The molecule has 3 heterocycles. The fraction of sp³-hybridized carbons (Fsp3) is 0.158. The molecule has 4 aromatic rings. The van der Waals surface area contributed by atoms with E-state index in [-0.39, 0.29) is 5.91 Å². The van der Waals surface area contributed by atoms with Gasteiger partial charge in [0.25, 0.3) is 5.91 Å². The minimum atomic E-state index is -0.266. The van der Waals surface area contributed by atoms with Gasteiger partial charge in [0.05, 0.1) is 30.3 Å². The third-order valence-corrected chi connectivity index (χ3v) is 4.30. The lowest BCUT2D eigenvalue weighted by Gasteiger charge is -2.06. The van der Waals surface area contributed by atoms with Crippen molar-refractivity contribution in [1.29, 1.82) is 0 Å². The first-order valence-electron chi connectivity index (χ1n) is 8.26. The lowest BCUT2D eigenvalue weighted by atomic mass is 10.2. The first kappa shape index (κ1) is 16.0. The normalized spacial score (nSPS) is 11.0. The Labute approximate surface area is 149 Å². The third-order valence-electron chi connectivity index (χ3n) is 4.30. The second kappa shape index (κ2) is 6.44. The van der Waals surface area contributed by atoms with Gasteiger partial charge in [-0.3, -0.25) is 9.89 Å². The molecule has 0 atom stereocenters. The molecule has 0 aliphatic carbocycles. The molecule has 132 valence electrons. The molecule has 26 heavy (non-hydrogen) atoms. The number of rotatable bonds is 5. The molecule has 0 unspecified atom stereocenters. The Hall–Kier alpha value is -3.48. The highest BCUT2D eigenvalue weighted by molar-refractivity contribution is 6.03. The van der Waals surface area contributed by atoms with Crippen LogP contribution in [0.2, 0.25) is 0 Å². The zero-order valence-corrected chi connectivity index (χ0v) is 14.4. The van der Waals surface area contributed by atoms with Crippen LogP contribution in [0.25, 0.3) is 22.3 Å². The van der Waals surface area contributed by atoms with E-state index in [2.05, 4.69) is 33.1 Å². The van der Waals surface area contributed by atoms with Crippen molar-refractivity contribution in [1.82, 2.24) is 14.8 Å². The molecule has 7 nitrogen and oxygen atoms in total. The molecule has 0 saturated heterocycles. The Morgan fingerprint density at radius 3 is 2.92 bits per heavy atom. The van der Waals surface area contributed by atoms with E-state index >= 15 is 0 Å². The maximum Gasteiger partial charge on any atom is 0.260 e. The highest BCUT2D eigenvalue weighted by atomic mass is 16.5. The number of methoxy groups -OCH3 is 1. The molecule has 7 heteroatoms. The molecule has 0 bridgehead atoms. The molecular weight excluding hydrogens is 332 g/mol. The molecule has 2 N–H and O–H groups in total. The third kappa shape index (κ3) is 2.73. The molecule has 0 spiro atoms. The highest BCUT2D eigenvalue weighted by Crippen LogP contribution is 2.30. The number of anilines is 1. The number of aromatic nitrogens is 3. The van der Waals surface area contributed by atoms with Crippen molar-refractivity contribution in [2.45, 2.75) is 13.5 Å². The summed E-state index contributed by atoms with van der Waals surface area (Å²) >= 11 is 0. The second-order valence-electron chi connectivity index (χ2n) is 5.83. The number of hydrogen-bond acceptors (Lipinski definition) is 4. The number of furan rings is 1. The lowest BCUT2D eigenvalue weighted by Crippen LogP contribution is -2.10. The number of nitrogens with one attached hydrogen (secondary N) is 2. The number of amides is 1. The van der Waals surface area contributed by atoms with Gasteiger partial charge in [-0.15, -0.1) is 0 Å². The number of carbonyl (C=O) groups excluding carboxylic acids is 1. The zero-order valence-electron chi connectivity index (χ0n) is 14.4. The van der Waals surface area contributed by atoms with Gasteiger partial charge in [-0.25, -0.2) is 0 Å². The van der Waals surface area contributed by atoms with Crippen LogP contribution >= 0.6 is 0 Å². The summed E-state index contributed by atoms with van der Waals surface area (Å²) in [5.74, 6) is 1.00. The van der Waals surface area contributed by atoms with Crippen LogP contribution in [0, 0.1) is 0 Å². The van der Waals surface area contributed by atoms with Gasteiger partial charge in [0, 0.05) is 23.5 Å². The minimum absolute atomic E-state index is 0.266. The van der Waals surface area contributed by atoms with Crippen LogP contribution in [0.3, 0.4) is 0 Å². The number of hydrogen-bond donors (Lipinski definition) is 2. The van der Waals surface area contributed by atoms with Crippen LogP contribution in [0.15, 0.2) is 53.3 Å². The SMILES string of the molecule is CCn1c(-c2cc(NC(=O)c3ccoc3)n[nH]2)cc2cc(OC)ccc21. The number of fused-ring (bicyclic) bond motifs is 1. The summed E-state index contributed by atoms with van der Waals surface area (Å²) in [6, 6.07) is 11.5. The van der Waals surface area contributed by atoms with E-state index in [0.29, 0.717) is 11.4 Å². The van der Waals surface area contributed by atoms with Crippen LogP contribution in [-0.2, 0) is 6.54 Å². The fourth-order valence-electron chi connectivity index (χ4n) is 3.04. The van der Waals surface area contributed by atoms with Gasteiger partial charge >= 0.3 is 0 Å². The molecule has 0 saturated carbocycles. The first-order valence-corrected chi connectivity index (χ1v) is 8.26. The molecule has 0 aliphatic heterocycles. The molecule has 1 amide bonds. The summed E-state index contributed by atoms with van der Waals surface area (Å²) in [5.41, 5.74) is 3.38. The Kier molecular flexibility index (Phi) is 3.96. The first-order chi connectivity index (χ1) is 12.7. The van der Waals surface area contributed by atoms with Gasteiger partial charge in [0.2, 0.25) is 0 Å². The maximum absolute atomic E-state index is 12.1. The van der Waals surface area contributed by atoms with Crippen molar-refractivity contribution in [2.75, 3.05) is 12.4 Å². The van der Waals surface area contributed by atoms with Crippen molar-refractivity contribution in [3.05, 3.63) is 54.5 Å². The van der Waals surface area contributed by atoms with Crippen molar-refractivity contribution in [2.24, 2.45) is 0 Å². The Morgan fingerprint density at radius 2 is 2.19 bits per heavy atom. The fourth-order valence-corrected chi connectivity index (χ4v) is 3.04. The number of aromatic amines is 1. The van der Waals surface area contributed by atoms with E-state index in [4.69, 9.17) is 9.15 Å². The van der Waals surface area contributed by atoms with Crippen molar-refractivity contribution < 1.29 is 13.9 Å². The van der Waals surface area contributed by atoms with Crippen LogP contribution < -0.4 is 10.1 Å². The molecule has 0 radical (unpaired) electrons. The topological polar surface area (TPSA) is 85.1 Å². The predicted octanol–water partition coefficient (Wildman–Crippen LogP) is 3.91. The summed E-state index contributed by atoms with van der Waals surface area (Å²) in [7, 11) is 1.66. The number of H-pyrrole nitrogens is 1. The second-order valence-corrected chi connectivity index (χ2v) is 5.83. The van der Waals surface area contributed by atoms with Gasteiger partial charge in [-0.05, 0) is 37.3 Å². The molecule has 0 aliphatic rings. The van der Waals surface area contributed by atoms with Gasteiger partial charge in [-0.2, -0.15) is 5.10 Å². The highest BCUT2D eigenvalue weighted by Gasteiger charge is 2.14. The summed E-state index contributed by atoms with van der Waals surface area (Å²) in [6.07, 6.45) is 2.85. The molecule has 3 aromatic heterocycles. The largest absolute Gasteiger partial charge is 0.497 e. The van der Waals surface area contributed by atoms with Crippen LogP contribution in [0.5, 0.6) is 5.75 Å². The molecule has 1 aromatic carbocycles. The van der Waals surface area contributed by atoms with E-state index < -0.39 is 0 Å². The van der Waals surface area contributed by atoms with Gasteiger partial charge in [0.1, 0.15) is 12.0 Å². The smallest absolute Gasteiger partial charge is 0.260 e. The van der Waals surface area contributed by atoms with Gasteiger partial charge in [0.15, 0.2) is 5.82 Å². The monoisotopic (exact) mass is 350 g/mol. The van der Waals surface area contributed by atoms with E-state index in [0.717, 1.165) is 34.6 Å². The van der Waals surface area contributed by atoms with Crippen molar-refractivity contribution in [3.8, 4) is 17.1 Å². The molecular formula is C19H18N4O3. The van der Waals surface area contributed by atoms with E-state index in [9.17, 15) is 4.79 Å². The Bertz CT molecular complexity index is 1060. The van der Waals surface area contributed by atoms with E-state index in [1.807, 2.05) is 24.3 Å². The Balaban J connectivity index is 1.67. The van der Waals surface area contributed by atoms with E-state index in [1.165, 1.54) is 12.5 Å². The minimum Gasteiger partial charge on any atom is -0.497 e. The van der Waals surface area contributed by atoms with Crippen molar-refractivity contribution >= 4 is 22.6 Å². The standard InChI is InChI=1S/C19H18N4O3/c1-3-23-16-5-4-14(25-2)8-13(16)9-17(23)15-10-18(22-21-15)20-19(24)12-6-7-26-11-12/h4-11H,3H2,1-2H3,(H2,20,21,22,24). The molecule has 4 rings (SSSR count). The average Bonchev–Trinajstić information content (AvgIpc) is 3.39. The number of benzene rings is 1. The maximum atomic E-state index is 12.1. The number of aryl methyl sites for hydroxylation is 1. The van der Waals surface area contributed by atoms with Gasteiger partial charge in [-0.1, -0.05) is 0 Å². The Morgan fingerprint density at radius 1 is 1.31 bits per heavy atom. The predicted molar refractivity (Wildman–Crippen MR) is 98.4 cm³/mol. The number of carbonyl (C=O) groups is 1. The quantitative estimate of drug-likeness (QED) is 0.571. The average molecular weight is 350 g/mol. The summed E-state index contributed by atoms with van der Waals surface area (Å²) in [6.45, 7) is 2.89. The summed E-state index contributed by atoms with van der Waals surface area (Å²) in [4.78, 5) is 12.1. The lowest BCUT2D eigenvalue weighted by molar-refractivity contribution is 0.102. The van der Waals surface area contributed by atoms with Crippen LogP contribution in [-0.4, -0.2) is 27.8 Å². The number of nitrogens with zero attached hydrogens (tertiary/aromatic N) is 2. The summed E-state index contributed by atoms with van der Waals surface area (Å²) < 4.78 is 12.4. The number of ether oxygens (including phenoxy) is 1.